The van der Waals surface area contributed by atoms with Crippen LogP contribution in [0.25, 0.3) is 11.1 Å². The molecule has 0 amide bonds. The Bertz CT molecular complexity index is 1170. The first-order valence-corrected chi connectivity index (χ1v) is 10.6. The molecule has 0 aliphatic heterocycles. The van der Waals surface area contributed by atoms with Gasteiger partial charge in [-0.05, 0) is 59.6 Å². The van der Waals surface area contributed by atoms with Gasteiger partial charge < -0.3 is 0 Å². The molecule has 3 aliphatic carbocycles. The molecular weight excluding hydrogens is 352 g/mol. The molecule has 0 heterocycles. The number of fused-ring (bicyclic) bond motifs is 7. The summed E-state index contributed by atoms with van der Waals surface area (Å²) in [5.41, 5.74) is 6.75. The minimum Gasteiger partial charge on any atom is -0.298 e. The van der Waals surface area contributed by atoms with Crippen LogP contribution < -0.4 is 0 Å². The summed E-state index contributed by atoms with van der Waals surface area (Å²) in [7, 11) is 0. The van der Waals surface area contributed by atoms with E-state index in [1.807, 2.05) is 0 Å². The van der Waals surface area contributed by atoms with E-state index in [0.717, 1.165) is 6.42 Å². The number of hydrogen-bond donors (Lipinski definition) is 0. The Morgan fingerprint density at radius 1 is 0.690 bits per heavy atom. The van der Waals surface area contributed by atoms with E-state index in [1.54, 1.807) is 0 Å². The minimum absolute atomic E-state index is 0.263. The third-order valence-corrected chi connectivity index (χ3v) is 7.95. The molecule has 1 fully saturated rings. The molecule has 0 aromatic heterocycles. The van der Waals surface area contributed by atoms with Gasteiger partial charge in [-0.25, -0.2) is 0 Å². The van der Waals surface area contributed by atoms with Crippen LogP contribution in [0.15, 0.2) is 84.9 Å². The number of rotatable bonds is 2. The predicted molar refractivity (Wildman–Crippen MR) is 117 cm³/mol. The summed E-state index contributed by atoms with van der Waals surface area (Å²) in [5, 5.41) is 0. The SMILES string of the molecule is C[C@]12C(=O)[C@](C)(C(c3ccccc3)=C1c1ccccc1)C1c3ccccc3CC12. The van der Waals surface area contributed by atoms with Gasteiger partial charge >= 0.3 is 0 Å². The zero-order valence-corrected chi connectivity index (χ0v) is 16.9. The van der Waals surface area contributed by atoms with Gasteiger partial charge in [0.25, 0.3) is 0 Å². The van der Waals surface area contributed by atoms with Gasteiger partial charge in [0.2, 0.25) is 0 Å². The largest absolute Gasteiger partial charge is 0.298 e. The minimum atomic E-state index is -0.488. The van der Waals surface area contributed by atoms with Crippen LogP contribution in [0.1, 0.15) is 42.0 Å². The highest BCUT2D eigenvalue weighted by Crippen LogP contribution is 2.76. The van der Waals surface area contributed by atoms with Gasteiger partial charge in [-0.3, -0.25) is 4.79 Å². The molecule has 0 spiro atoms. The molecule has 3 aromatic rings. The van der Waals surface area contributed by atoms with E-state index in [9.17, 15) is 4.79 Å². The first kappa shape index (κ1) is 17.0. The maximum absolute atomic E-state index is 14.2. The number of allylic oxidation sites excluding steroid dienone is 2. The van der Waals surface area contributed by atoms with E-state index < -0.39 is 10.8 Å². The molecule has 3 aromatic carbocycles. The fraction of sp³-hybridized carbons (Fsp3) is 0.250. The van der Waals surface area contributed by atoms with Crippen molar-refractivity contribution in [2.45, 2.75) is 26.2 Å². The van der Waals surface area contributed by atoms with E-state index in [2.05, 4.69) is 98.8 Å². The third kappa shape index (κ3) is 1.89. The molecule has 1 saturated carbocycles. The second kappa shape index (κ2) is 5.57. The van der Waals surface area contributed by atoms with Crippen molar-refractivity contribution in [3.63, 3.8) is 0 Å². The molecule has 6 rings (SSSR count). The van der Waals surface area contributed by atoms with E-state index in [4.69, 9.17) is 0 Å². The third-order valence-electron chi connectivity index (χ3n) is 7.95. The van der Waals surface area contributed by atoms with Crippen molar-refractivity contribution in [3.05, 3.63) is 107 Å². The van der Waals surface area contributed by atoms with Crippen molar-refractivity contribution in [1.82, 2.24) is 0 Å². The zero-order chi connectivity index (χ0) is 19.8. The highest BCUT2D eigenvalue weighted by Gasteiger charge is 2.73. The second-order valence-corrected chi connectivity index (χ2v) is 9.20. The number of Topliss-reactive ketones (excluding diaryl/α,β-unsaturated/α-hetero) is 1. The zero-order valence-electron chi connectivity index (χ0n) is 16.9. The lowest BCUT2D eigenvalue weighted by Gasteiger charge is -2.39. The maximum Gasteiger partial charge on any atom is 0.154 e. The summed E-state index contributed by atoms with van der Waals surface area (Å²) < 4.78 is 0. The molecular formula is C28H24O. The van der Waals surface area contributed by atoms with Crippen molar-refractivity contribution in [3.8, 4) is 0 Å². The van der Waals surface area contributed by atoms with E-state index in [1.165, 1.54) is 33.4 Å². The summed E-state index contributed by atoms with van der Waals surface area (Å²) in [5.74, 6) is 1.01. The van der Waals surface area contributed by atoms with Crippen LogP contribution >= 0.6 is 0 Å². The number of benzene rings is 3. The fourth-order valence-electron chi connectivity index (χ4n) is 6.88. The van der Waals surface area contributed by atoms with Crippen molar-refractivity contribution in [1.29, 1.82) is 0 Å². The average Bonchev–Trinajstić information content (AvgIpc) is 3.30. The van der Waals surface area contributed by atoms with Crippen molar-refractivity contribution >= 4 is 16.9 Å². The Kier molecular flexibility index (Phi) is 3.26. The highest BCUT2D eigenvalue weighted by atomic mass is 16.1. The van der Waals surface area contributed by atoms with Gasteiger partial charge in [-0.1, -0.05) is 84.9 Å². The standard InChI is InChI=1S/C28H24O/c1-27-22-17-20-15-9-10-16-21(20)25(22)28(2,26(27)29)24(19-13-7-4-8-14-19)23(27)18-11-5-3-6-12-18/h3-16,22,25H,17H2,1-2H3/t22?,25?,27-,28-/m1/s1. The van der Waals surface area contributed by atoms with Crippen LogP contribution in [0, 0.1) is 16.7 Å². The Morgan fingerprint density at radius 2 is 1.21 bits per heavy atom. The van der Waals surface area contributed by atoms with Crippen LogP contribution in [0.2, 0.25) is 0 Å². The van der Waals surface area contributed by atoms with Crippen LogP contribution in [-0.2, 0) is 11.2 Å². The first-order valence-electron chi connectivity index (χ1n) is 10.6. The smallest absolute Gasteiger partial charge is 0.154 e. The summed E-state index contributed by atoms with van der Waals surface area (Å²) in [6.45, 7) is 4.45. The summed E-state index contributed by atoms with van der Waals surface area (Å²) >= 11 is 0. The number of carbonyl (C=O) groups is 1. The Morgan fingerprint density at radius 3 is 1.83 bits per heavy atom. The average molecular weight is 376 g/mol. The maximum atomic E-state index is 14.2. The lowest BCUT2D eigenvalue weighted by molar-refractivity contribution is -0.127. The van der Waals surface area contributed by atoms with Crippen LogP contribution in [-0.4, -0.2) is 5.78 Å². The second-order valence-electron chi connectivity index (χ2n) is 9.20. The summed E-state index contributed by atoms with van der Waals surface area (Å²) in [4.78, 5) is 14.2. The molecule has 4 atom stereocenters. The van der Waals surface area contributed by atoms with Crippen molar-refractivity contribution in [2.24, 2.45) is 16.7 Å². The number of hydrogen-bond acceptors (Lipinski definition) is 1. The molecule has 1 nitrogen and oxygen atoms in total. The molecule has 2 bridgehead atoms. The van der Waals surface area contributed by atoms with Crippen LogP contribution in [0.3, 0.4) is 0 Å². The highest BCUT2D eigenvalue weighted by molar-refractivity contribution is 6.23. The lowest BCUT2D eigenvalue weighted by atomic mass is 9.62. The molecule has 2 unspecified atom stereocenters. The molecule has 0 N–H and O–H groups in total. The van der Waals surface area contributed by atoms with Gasteiger partial charge in [0.05, 0.1) is 10.8 Å². The van der Waals surface area contributed by atoms with Gasteiger partial charge in [0, 0.05) is 5.92 Å². The Balaban J connectivity index is 1.71. The summed E-state index contributed by atoms with van der Waals surface area (Å²) in [6, 6.07) is 30.0. The van der Waals surface area contributed by atoms with E-state index in [-0.39, 0.29) is 5.92 Å². The fourth-order valence-corrected chi connectivity index (χ4v) is 6.88. The lowest BCUT2D eigenvalue weighted by Crippen LogP contribution is -2.30. The quantitative estimate of drug-likeness (QED) is 0.523. The number of carbonyl (C=O) groups excluding carboxylic acids is 1. The van der Waals surface area contributed by atoms with Gasteiger partial charge in [0.15, 0.2) is 5.78 Å². The van der Waals surface area contributed by atoms with Crippen LogP contribution in [0.4, 0.5) is 0 Å². The van der Waals surface area contributed by atoms with E-state index >= 15 is 0 Å². The van der Waals surface area contributed by atoms with Crippen LogP contribution in [0.5, 0.6) is 0 Å². The monoisotopic (exact) mass is 376 g/mol. The molecule has 0 saturated heterocycles. The Labute approximate surface area is 172 Å². The molecule has 0 radical (unpaired) electrons. The van der Waals surface area contributed by atoms with E-state index in [0.29, 0.717) is 11.7 Å². The van der Waals surface area contributed by atoms with Gasteiger partial charge in [-0.15, -0.1) is 0 Å². The molecule has 29 heavy (non-hydrogen) atoms. The van der Waals surface area contributed by atoms with Gasteiger partial charge in [-0.2, -0.15) is 0 Å². The topological polar surface area (TPSA) is 17.1 Å². The number of ketones is 1. The first-order chi connectivity index (χ1) is 14.1. The normalized spacial score (nSPS) is 31.9. The Hall–Kier alpha value is -2.93. The van der Waals surface area contributed by atoms with Gasteiger partial charge in [0.1, 0.15) is 0 Å². The predicted octanol–water partition coefficient (Wildman–Crippen LogP) is 6.16. The summed E-state index contributed by atoms with van der Waals surface area (Å²) in [6.07, 6.45) is 0.997. The molecule has 142 valence electrons. The molecule has 3 aliphatic rings. The van der Waals surface area contributed by atoms with Crippen molar-refractivity contribution < 1.29 is 4.79 Å². The molecule has 1 heteroatoms. The van der Waals surface area contributed by atoms with Crippen molar-refractivity contribution in [2.75, 3.05) is 0 Å².